The summed E-state index contributed by atoms with van der Waals surface area (Å²) in [5, 5.41) is 2.85. The zero-order valence-electron chi connectivity index (χ0n) is 17.3. The van der Waals surface area contributed by atoms with Crippen molar-refractivity contribution in [2.45, 2.75) is 33.0 Å². The summed E-state index contributed by atoms with van der Waals surface area (Å²) in [4.78, 5) is 25.0. The summed E-state index contributed by atoms with van der Waals surface area (Å²) in [6, 6.07) is 24.7. The zero-order chi connectivity index (χ0) is 21.5. The minimum Gasteiger partial charge on any atom is -0.479 e. The summed E-state index contributed by atoms with van der Waals surface area (Å²) in [5.41, 5.74) is 3.55. The summed E-state index contributed by atoms with van der Waals surface area (Å²) >= 11 is 0. The summed E-state index contributed by atoms with van der Waals surface area (Å²) < 4.78 is 10.9. The molecular weight excluding hydrogens is 378 g/mol. The number of esters is 1. The fraction of sp³-hybridized carbons (Fsp3) is 0.200. The van der Waals surface area contributed by atoms with Crippen molar-refractivity contribution in [3.05, 3.63) is 84.4 Å². The Labute approximate surface area is 176 Å². The molecule has 0 saturated carbocycles. The van der Waals surface area contributed by atoms with E-state index in [1.165, 1.54) is 6.92 Å². The lowest BCUT2D eigenvalue weighted by Crippen LogP contribution is -2.35. The summed E-state index contributed by atoms with van der Waals surface area (Å²) in [5.74, 6) is -0.432. The van der Waals surface area contributed by atoms with Gasteiger partial charge in [0, 0.05) is 11.3 Å². The van der Waals surface area contributed by atoms with Crippen molar-refractivity contribution in [1.82, 2.24) is 0 Å². The number of aryl methyl sites for hydroxylation is 1. The van der Waals surface area contributed by atoms with Crippen LogP contribution in [0.1, 0.15) is 19.4 Å². The molecule has 1 N–H and O–H groups in total. The highest BCUT2D eigenvalue weighted by atomic mass is 16.6. The Balaban J connectivity index is 1.62. The van der Waals surface area contributed by atoms with Crippen LogP contribution in [-0.2, 0) is 14.3 Å². The third-order valence-corrected chi connectivity index (χ3v) is 4.57. The third-order valence-electron chi connectivity index (χ3n) is 4.57. The van der Waals surface area contributed by atoms with Crippen LogP contribution in [0.15, 0.2) is 78.9 Å². The molecule has 0 aliphatic carbocycles. The average Bonchev–Trinajstić information content (AvgIpc) is 2.74. The van der Waals surface area contributed by atoms with E-state index in [0.717, 1.165) is 16.7 Å². The highest BCUT2D eigenvalue weighted by Gasteiger charge is 2.24. The number of hydrogen-bond donors (Lipinski definition) is 1. The molecule has 1 amide bonds. The molecule has 5 heteroatoms. The first-order valence-electron chi connectivity index (χ1n) is 9.83. The van der Waals surface area contributed by atoms with Gasteiger partial charge in [-0.25, -0.2) is 4.79 Å². The number of anilines is 1. The standard InChI is InChI=1S/C25H25NO4/c1-17-10-9-13-21(16-17)29-19(3)25(28)30-18(2)24(27)26-23-15-8-7-14-22(23)20-11-5-4-6-12-20/h4-16,18-19H,1-3H3,(H,26,27)/t18-,19+/m0/s1. The van der Waals surface area contributed by atoms with Crippen molar-refractivity contribution < 1.29 is 19.1 Å². The molecule has 30 heavy (non-hydrogen) atoms. The van der Waals surface area contributed by atoms with E-state index in [1.54, 1.807) is 13.0 Å². The predicted octanol–water partition coefficient (Wildman–Crippen LogP) is 5.00. The molecule has 0 radical (unpaired) electrons. The second-order valence-corrected chi connectivity index (χ2v) is 7.06. The van der Waals surface area contributed by atoms with E-state index in [2.05, 4.69) is 5.32 Å². The molecule has 0 heterocycles. The molecule has 0 fully saturated rings. The first kappa shape index (κ1) is 21.1. The van der Waals surface area contributed by atoms with Gasteiger partial charge in [0.15, 0.2) is 12.2 Å². The lowest BCUT2D eigenvalue weighted by Gasteiger charge is -2.19. The van der Waals surface area contributed by atoms with E-state index in [-0.39, 0.29) is 0 Å². The van der Waals surface area contributed by atoms with E-state index >= 15 is 0 Å². The molecule has 2 atom stereocenters. The normalized spacial score (nSPS) is 12.5. The second kappa shape index (κ2) is 9.74. The highest BCUT2D eigenvalue weighted by Crippen LogP contribution is 2.27. The minimum absolute atomic E-state index is 0.408. The van der Waals surface area contributed by atoms with E-state index in [1.807, 2.05) is 79.7 Å². The number of ether oxygens (including phenoxy) is 2. The molecule has 0 aliphatic heterocycles. The van der Waals surface area contributed by atoms with E-state index < -0.39 is 24.1 Å². The maximum atomic E-state index is 12.6. The average molecular weight is 403 g/mol. The SMILES string of the molecule is Cc1cccc(O[C@H](C)C(=O)O[C@@H](C)C(=O)Nc2ccccc2-c2ccccc2)c1. The summed E-state index contributed by atoms with van der Waals surface area (Å²) in [7, 11) is 0. The molecule has 5 nitrogen and oxygen atoms in total. The van der Waals surface area contributed by atoms with Crippen LogP contribution in [0.25, 0.3) is 11.1 Å². The summed E-state index contributed by atoms with van der Waals surface area (Å²) in [6.07, 6.45) is -1.80. The molecule has 0 spiro atoms. The highest BCUT2D eigenvalue weighted by molar-refractivity contribution is 5.98. The van der Waals surface area contributed by atoms with Crippen molar-refractivity contribution in [2.24, 2.45) is 0 Å². The van der Waals surface area contributed by atoms with Crippen LogP contribution in [0.2, 0.25) is 0 Å². The Morgan fingerprint density at radius 3 is 2.27 bits per heavy atom. The number of hydrogen-bond acceptors (Lipinski definition) is 4. The monoisotopic (exact) mass is 403 g/mol. The van der Waals surface area contributed by atoms with Gasteiger partial charge in [-0.15, -0.1) is 0 Å². The minimum atomic E-state index is -0.968. The fourth-order valence-electron chi connectivity index (χ4n) is 2.96. The Kier molecular flexibility index (Phi) is 6.86. The molecule has 3 rings (SSSR count). The quantitative estimate of drug-likeness (QED) is 0.564. The number of nitrogens with one attached hydrogen (secondary N) is 1. The maximum Gasteiger partial charge on any atom is 0.347 e. The van der Waals surface area contributed by atoms with Crippen molar-refractivity contribution in [1.29, 1.82) is 0 Å². The van der Waals surface area contributed by atoms with Gasteiger partial charge in [-0.2, -0.15) is 0 Å². The van der Waals surface area contributed by atoms with E-state index in [4.69, 9.17) is 9.47 Å². The zero-order valence-corrected chi connectivity index (χ0v) is 17.3. The van der Waals surface area contributed by atoms with Gasteiger partial charge in [0.1, 0.15) is 5.75 Å². The van der Waals surface area contributed by atoms with Crippen molar-refractivity contribution in [3.8, 4) is 16.9 Å². The van der Waals surface area contributed by atoms with Gasteiger partial charge >= 0.3 is 5.97 Å². The number of rotatable bonds is 7. The van der Waals surface area contributed by atoms with Gasteiger partial charge in [0.2, 0.25) is 0 Å². The van der Waals surface area contributed by atoms with Gasteiger partial charge in [-0.3, -0.25) is 4.79 Å². The largest absolute Gasteiger partial charge is 0.479 e. The maximum absolute atomic E-state index is 12.6. The molecule has 154 valence electrons. The van der Waals surface area contributed by atoms with Gasteiger partial charge in [0.25, 0.3) is 5.91 Å². The van der Waals surface area contributed by atoms with Crippen LogP contribution in [0.4, 0.5) is 5.69 Å². The second-order valence-electron chi connectivity index (χ2n) is 7.06. The van der Waals surface area contributed by atoms with E-state index in [9.17, 15) is 9.59 Å². The lowest BCUT2D eigenvalue weighted by molar-refractivity contribution is -0.159. The molecule has 3 aromatic rings. The van der Waals surface area contributed by atoms with Crippen LogP contribution in [0, 0.1) is 6.92 Å². The van der Waals surface area contributed by atoms with Crippen LogP contribution >= 0.6 is 0 Å². The number of para-hydroxylation sites is 1. The molecule has 0 unspecified atom stereocenters. The molecule has 0 bridgehead atoms. The Morgan fingerprint density at radius 2 is 1.53 bits per heavy atom. The molecule has 3 aromatic carbocycles. The van der Waals surface area contributed by atoms with Crippen LogP contribution < -0.4 is 10.1 Å². The number of benzene rings is 3. The Bertz CT molecular complexity index is 1020. The first-order chi connectivity index (χ1) is 14.4. The Hall–Kier alpha value is -3.60. The van der Waals surface area contributed by atoms with Gasteiger partial charge in [-0.05, 0) is 50.1 Å². The molecule has 0 saturated heterocycles. The van der Waals surface area contributed by atoms with Crippen molar-refractivity contribution >= 4 is 17.6 Å². The number of amides is 1. The fourth-order valence-corrected chi connectivity index (χ4v) is 2.96. The van der Waals surface area contributed by atoms with Crippen LogP contribution in [-0.4, -0.2) is 24.1 Å². The van der Waals surface area contributed by atoms with Crippen molar-refractivity contribution in [3.63, 3.8) is 0 Å². The molecule has 0 aromatic heterocycles. The molecule has 0 aliphatic rings. The van der Waals surface area contributed by atoms with E-state index in [0.29, 0.717) is 11.4 Å². The topological polar surface area (TPSA) is 64.6 Å². The van der Waals surface area contributed by atoms with Crippen molar-refractivity contribution in [2.75, 3.05) is 5.32 Å². The van der Waals surface area contributed by atoms with Gasteiger partial charge in [0.05, 0.1) is 0 Å². The number of carbonyl (C=O) groups excluding carboxylic acids is 2. The molecular formula is C25H25NO4. The van der Waals surface area contributed by atoms with Crippen LogP contribution in [0.3, 0.4) is 0 Å². The first-order valence-corrected chi connectivity index (χ1v) is 9.83. The Morgan fingerprint density at radius 1 is 0.833 bits per heavy atom. The lowest BCUT2D eigenvalue weighted by atomic mass is 10.0. The van der Waals surface area contributed by atoms with Gasteiger partial charge in [-0.1, -0.05) is 60.7 Å². The third kappa shape index (κ3) is 5.47. The smallest absolute Gasteiger partial charge is 0.347 e. The van der Waals surface area contributed by atoms with Crippen LogP contribution in [0.5, 0.6) is 5.75 Å². The summed E-state index contributed by atoms with van der Waals surface area (Å²) in [6.45, 7) is 5.08. The number of carbonyl (C=O) groups is 2. The predicted molar refractivity (Wildman–Crippen MR) is 117 cm³/mol. The van der Waals surface area contributed by atoms with Gasteiger partial charge < -0.3 is 14.8 Å².